The number of fused-ring (bicyclic) bond motifs is 1. The van der Waals surface area contributed by atoms with Crippen molar-refractivity contribution >= 4 is 39.9 Å². The lowest BCUT2D eigenvalue weighted by Crippen LogP contribution is -2.34. The molecule has 1 aliphatic rings. The number of imide groups is 1. The molecule has 3 aromatic rings. The van der Waals surface area contributed by atoms with E-state index in [0.29, 0.717) is 4.91 Å². The fraction of sp³-hybridized carbons (Fsp3) is 0.250. The lowest BCUT2D eigenvalue weighted by atomic mass is 10.1. The summed E-state index contributed by atoms with van der Waals surface area (Å²) in [7, 11) is 0. The number of rotatable bonds is 5. The van der Waals surface area contributed by atoms with Gasteiger partial charge in [0.25, 0.3) is 11.1 Å². The largest absolute Gasteiger partial charge is 0.342 e. The van der Waals surface area contributed by atoms with Gasteiger partial charge < -0.3 is 4.57 Å². The second kappa shape index (κ2) is 7.91. The number of amides is 2. The molecular weight excluding hydrogens is 380 g/mol. The Balaban J connectivity index is 1.82. The van der Waals surface area contributed by atoms with Crippen molar-refractivity contribution in [1.82, 2.24) is 9.47 Å². The minimum absolute atomic E-state index is 0.139. The molecule has 1 aromatic heterocycles. The lowest BCUT2D eigenvalue weighted by molar-refractivity contribution is -0.123. The van der Waals surface area contributed by atoms with Gasteiger partial charge in [0.2, 0.25) is 0 Å². The molecule has 2 amide bonds. The molecule has 1 saturated heterocycles. The van der Waals surface area contributed by atoms with Gasteiger partial charge in [0.15, 0.2) is 0 Å². The van der Waals surface area contributed by atoms with Crippen LogP contribution >= 0.6 is 11.8 Å². The molecule has 5 heteroatoms. The third kappa shape index (κ3) is 3.62. The average molecular weight is 405 g/mol. The number of thioether (sulfide) groups is 1. The second-order valence-corrected chi connectivity index (χ2v) is 8.50. The van der Waals surface area contributed by atoms with E-state index in [0.717, 1.165) is 35.7 Å². The van der Waals surface area contributed by atoms with Crippen molar-refractivity contribution in [3.63, 3.8) is 0 Å². The molecule has 0 saturated carbocycles. The number of aromatic nitrogens is 1. The van der Waals surface area contributed by atoms with Crippen LogP contribution in [0.4, 0.5) is 4.79 Å². The van der Waals surface area contributed by atoms with Crippen LogP contribution in [0.25, 0.3) is 17.0 Å². The molecule has 0 spiro atoms. The third-order valence-electron chi connectivity index (χ3n) is 5.22. The van der Waals surface area contributed by atoms with Crippen molar-refractivity contribution in [2.45, 2.75) is 39.8 Å². The highest BCUT2D eigenvalue weighted by molar-refractivity contribution is 8.18. The van der Waals surface area contributed by atoms with Crippen LogP contribution in [0.15, 0.2) is 59.6 Å². The molecule has 4 rings (SSSR count). The smallest absolute Gasteiger partial charge is 0.293 e. The Bertz CT molecular complexity index is 1110. The first-order chi connectivity index (χ1) is 14.0. The van der Waals surface area contributed by atoms with Gasteiger partial charge in [0.1, 0.15) is 0 Å². The molecule has 0 aliphatic carbocycles. The highest BCUT2D eigenvalue weighted by Crippen LogP contribution is 2.36. The molecular formula is C24H24N2O2S. The Kier molecular flexibility index (Phi) is 5.33. The van der Waals surface area contributed by atoms with E-state index in [1.165, 1.54) is 21.5 Å². The normalized spacial score (nSPS) is 16.0. The van der Waals surface area contributed by atoms with E-state index in [-0.39, 0.29) is 17.2 Å². The van der Waals surface area contributed by atoms with Crippen LogP contribution in [0.5, 0.6) is 0 Å². The quantitative estimate of drug-likeness (QED) is 0.513. The summed E-state index contributed by atoms with van der Waals surface area (Å²) in [6, 6.07) is 16.5. The zero-order valence-corrected chi connectivity index (χ0v) is 17.7. The Labute approximate surface area is 175 Å². The molecule has 0 atom stereocenters. The van der Waals surface area contributed by atoms with Crippen molar-refractivity contribution in [3.8, 4) is 0 Å². The SMILES string of the molecule is CCc1cccc2c(/C=C3\SC(=O)N(C(C)C)C3=O)cn(Cc3ccccc3)c12. The Morgan fingerprint density at radius 2 is 1.79 bits per heavy atom. The molecule has 0 bridgehead atoms. The molecule has 1 aliphatic heterocycles. The summed E-state index contributed by atoms with van der Waals surface area (Å²) in [6.45, 7) is 6.63. The van der Waals surface area contributed by atoms with Gasteiger partial charge in [-0.15, -0.1) is 0 Å². The van der Waals surface area contributed by atoms with E-state index in [1.54, 1.807) is 0 Å². The van der Waals surface area contributed by atoms with Crippen molar-refractivity contribution in [2.24, 2.45) is 0 Å². The molecule has 0 N–H and O–H groups in total. The number of hydrogen-bond acceptors (Lipinski definition) is 3. The van der Waals surface area contributed by atoms with Crippen molar-refractivity contribution in [1.29, 1.82) is 0 Å². The first-order valence-corrected chi connectivity index (χ1v) is 10.7. The van der Waals surface area contributed by atoms with Gasteiger partial charge in [-0.1, -0.05) is 55.5 Å². The summed E-state index contributed by atoms with van der Waals surface area (Å²) < 4.78 is 2.25. The van der Waals surface area contributed by atoms with Gasteiger partial charge in [-0.05, 0) is 49.2 Å². The highest BCUT2D eigenvalue weighted by atomic mass is 32.2. The molecule has 2 aromatic carbocycles. The molecule has 4 nitrogen and oxygen atoms in total. The summed E-state index contributed by atoms with van der Waals surface area (Å²) in [5.41, 5.74) is 4.66. The number of benzene rings is 2. The van der Waals surface area contributed by atoms with Crippen molar-refractivity contribution in [3.05, 3.63) is 76.3 Å². The monoisotopic (exact) mass is 404 g/mol. The predicted molar refractivity (Wildman–Crippen MR) is 120 cm³/mol. The summed E-state index contributed by atoms with van der Waals surface area (Å²) in [4.78, 5) is 26.8. The first kappa shape index (κ1) is 19.5. The van der Waals surface area contributed by atoms with Gasteiger partial charge in [-0.3, -0.25) is 14.5 Å². The molecule has 0 unspecified atom stereocenters. The number of carbonyl (C=O) groups is 2. The van der Waals surface area contributed by atoms with E-state index in [1.807, 2.05) is 38.1 Å². The number of nitrogens with zero attached hydrogens (tertiary/aromatic N) is 2. The van der Waals surface area contributed by atoms with Crippen LogP contribution in [0.1, 0.15) is 37.5 Å². The minimum Gasteiger partial charge on any atom is -0.342 e. The van der Waals surface area contributed by atoms with Crippen molar-refractivity contribution < 1.29 is 9.59 Å². The van der Waals surface area contributed by atoms with Crippen molar-refractivity contribution in [2.75, 3.05) is 0 Å². The van der Waals surface area contributed by atoms with Gasteiger partial charge in [-0.2, -0.15) is 0 Å². The van der Waals surface area contributed by atoms with E-state index in [9.17, 15) is 9.59 Å². The Morgan fingerprint density at radius 3 is 2.45 bits per heavy atom. The average Bonchev–Trinajstić information content (AvgIpc) is 3.19. The third-order valence-corrected chi connectivity index (χ3v) is 6.10. The molecule has 29 heavy (non-hydrogen) atoms. The Hall–Kier alpha value is -2.79. The van der Waals surface area contributed by atoms with Crippen LogP contribution in [0.3, 0.4) is 0 Å². The van der Waals surface area contributed by atoms with Crippen LogP contribution in [-0.2, 0) is 17.8 Å². The first-order valence-electron chi connectivity index (χ1n) is 9.91. The molecule has 148 valence electrons. The standard InChI is InChI=1S/C24H24N2O2S/c1-4-18-11-8-12-20-19(13-21-23(27)26(16(2)3)24(28)29-21)15-25(22(18)20)14-17-9-6-5-7-10-17/h5-13,15-16H,4,14H2,1-3H3/b21-13-. The van der Waals surface area contributed by atoms with E-state index < -0.39 is 0 Å². The second-order valence-electron chi connectivity index (χ2n) is 7.51. The zero-order chi connectivity index (χ0) is 20.5. The maximum absolute atomic E-state index is 12.7. The highest BCUT2D eigenvalue weighted by Gasteiger charge is 2.36. The molecule has 2 heterocycles. The topological polar surface area (TPSA) is 42.3 Å². The fourth-order valence-electron chi connectivity index (χ4n) is 3.84. The van der Waals surface area contributed by atoms with E-state index in [4.69, 9.17) is 0 Å². The number of para-hydroxylation sites is 1. The summed E-state index contributed by atoms with van der Waals surface area (Å²) in [5, 5.41) is 0.912. The number of carbonyl (C=O) groups excluding carboxylic acids is 2. The lowest BCUT2D eigenvalue weighted by Gasteiger charge is -2.16. The molecule has 0 radical (unpaired) electrons. The van der Waals surface area contributed by atoms with Crippen LogP contribution in [0, 0.1) is 0 Å². The van der Waals surface area contributed by atoms with E-state index >= 15 is 0 Å². The zero-order valence-electron chi connectivity index (χ0n) is 16.9. The van der Waals surface area contributed by atoms with Crippen LogP contribution < -0.4 is 0 Å². The maximum atomic E-state index is 12.7. The number of aryl methyl sites for hydroxylation is 1. The predicted octanol–water partition coefficient (Wildman–Crippen LogP) is 5.70. The van der Waals surface area contributed by atoms with E-state index in [2.05, 4.69) is 48.0 Å². The fourth-order valence-corrected chi connectivity index (χ4v) is 4.79. The maximum Gasteiger partial charge on any atom is 0.293 e. The Morgan fingerprint density at radius 1 is 1.03 bits per heavy atom. The van der Waals surface area contributed by atoms with Gasteiger partial charge in [0.05, 0.1) is 10.4 Å². The molecule has 1 fully saturated rings. The number of hydrogen-bond donors (Lipinski definition) is 0. The van der Waals surface area contributed by atoms with Crippen LogP contribution in [0.2, 0.25) is 0 Å². The van der Waals surface area contributed by atoms with Crippen LogP contribution in [-0.4, -0.2) is 26.7 Å². The summed E-state index contributed by atoms with van der Waals surface area (Å²) in [5.74, 6) is -0.203. The summed E-state index contributed by atoms with van der Waals surface area (Å²) in [6.07, 6.45) is 4.90. The van der Waals surface area contributed by atoms with Gasteiger partial charge in [-0.25, -0.2) is 0 Å². The van der Waals surface area contributed by atoms with Gasteiger partial charge in [0, 0.05) is 29.7 Å². The summed E-state index contributed by atoms with van der Waals surface area (Å²) >= 11 is 1.03. The van der Waals surface area contributed by atoms with Gasteiger partial charge >= 0.3 is 0 Å². The minimum atomic E-state index is -0.203.